The van der Waals surface area contributed by atoms with Crippen LogP contribution >= 0.6 is 0 Å². The van der Waals surface area contributed by atoms with E-state index < -0.39 is 5.97 Å². The Labute approximate surface area is 167 Å². The van der Waals surface area contributed by atoms with E-state index in [1.165, 1.54) is 41.7 Å². The van der Waals surface area contributed by atoms with Crippen molar-refractivity contribution in [1.29, 1.82) is 0 Å². The normalized spacial score (nSPS) is 17.8. The molecule has 0 fully saturated rings. The molecule has 0 amide bonds. The largest absolute Gasteiger partial charge is 0.507 e. The highest BCUT2D eigenvalue weighted by molar-refractivity contribution is 5.90. The molecule has 1 unspecified atom stereocenters. The molecular formula is C25H28O3. The second-order valence-corrected chi connectivity index (χ2v) is 9.10. The SMILES string of the molecule is CC(C#Cc1ccc(C(=O)O)c(O)c1)c1ccc2c(c1)C(C)(C)CCC2(C)C. The van der Waals surface area contributed by atoms with E-state index in [-0.39, 0.29) is 28.1 Å². The van der Waals surface area contributed by atoms with Crippen LogP contribution in [-0.2, 0) is 10.8 Å². The summed E-state index contributed by atoms with van der Waals surface area (Å²) in [4.78, 5) is 11.0. The fraction of sp³-hybridized carbons (Fsp3) is 0.400. The molecule has 2 aromatic carbocycles. The Balaban J connectivity index is 1.91. The molecule has 0 aliphatic heterocycles. The summed E-state index contributed by atoms with van der Waals surface area (Å²) in [5.74, 6) is 4.93. The average Bonchev–Trinajstić information content (AvgIpc) is 2.63. The van der Waals surface area contributed by atoms with Gasteiger partial charge in [0.15, 0.2) is 0 Å². The first-order valence-electron chi connectivity index (χ1n) is 9.74. The molecule has 1 aliphatic carbocycles. The lowest BCUT2D eigenvalue weighted by Crippen LogP contribution is -2.33. The first-order valence-corrected chi connectivity index (χ1v) is 9.74. The van der Waals surface area contributed by atoms with E-state index in [9.17, 15) is 9.90 Å². The highest BCUT2D eigenvalue weighted by Crippen LogP contribution is 2.46. The highest BCUT2D eigenvalue weighted by atomic mass is 16.4. The number of fused-ring (bicyclic) bond motifs is 1. The summed E-state index contributed by atoms with van der Waals surface area (Å²) in [5.41, 5.74) is 4.88. The van der Waals surface area contributed by atoms with Gasteiger partial charge in [-0.3, -0.25) is 0 Å². The number of carbonyl (C=O) groups is 1. The Hall–Kier alpha value is -2.73. The van der Waals surface area contributed by atoms with Crippen LogP contribution in [0.3, 0.4) is 0 Å². The molecular weight excluding hydrogens is 348 g/mol. The third kappa shape index (κ3) is 3.78. The number of carboxylic acid groups (broad SMARTS) is 1. The molecule has 0 bridgehead atoms. The molecule has 3 nitrogen and oxygen atoms in total. The molecule has 0 spiro atoms. The van der Waals surface area contributed by atoms with Gasteiger partial charge in [-0.15, -0.1) is 0 Å². The van der Waals surface area contributed by atoms with Crippen LogP contribution in [0, 0.1) is 11.8 Å². The number of aromatic hydroxyl groups is 1. The predicted molar refractivity (Wildman–Crippen MR) is 112 cm³/mol. The van der Waals surface area contributed by atoms with Crippen molar-refractivity contribution in [3.05, 3.63) is 64.2 Å². The van der Waals surface area contributed by atoms with Crippen molar-refractivity contribution >= 4 is 5.97 Å². The summed E-state index contributed by atoms with van der Waals surface area (Å²) in [6, 6.07) is 11.2. The lowest BCUT2D eigenvalue weighted by Gasteiger charge is -2.42. The molecule has 0 saturated carbocycles. The molecule has 1 atom stereocenters. The van der Waals surface area contributed by atoms with Crippen molar-refractivity contribution in [1.82, 2.24) is 0 Å². The third-order valence-corrected chi connectivity index (χ3v) is 6.04. The van der Waals surface area contributed by atoms with Crippen LogP contribution in [-0.4, -0.2) is 16.2 Å². The van der Waals surface area contributed by atoms with Gasteiger partial charge in [-0.25, -0.2) is 4.79 Å². The minimum Gasteiger partial charge on any atom is -0.507 e. The molecule has 3 heteroatoms. The van der Waals surface area contributed by atoms with Gasteiger partial charge in [0.1, 0.15) is 11.3 Å². The first kappa shape index (κ1) is 20.0. The van der Waals surface area contributed by atoms with Gasteiger partial charge in [0.05, 0.1) is 0 Å². The van der Waals surface area contributed by atoms with Gasteiger partial charge in [0.2, 0.25) is 0 Å². The molecule has 2 N–H and O–H groups in total. The van der Waals surface area contributed by atoms with E-state index >= 15 is 0 Å². The van der Waals surface area contributed by atoms with Gasteiger partial charge in [-0.05, 0) is 65.5 Å². The lowest BCUT2D eigenvalue weighted by molar-refractivity contribution is 0.0693. The Morgan fingerprint density at radius 3 is 2.25 bits per heavy atom. The van der Waals surface area contributed by atoms with Crippen molar-refractivity contribution in [2.24, 2.45) is 0 Å². The van der Waals surface area contributed by atoms with Crippen LogP contribution in [0.25, 0.3) is 0 Å². The molecule has 2 aromatic rings. The summed E-state index contributed by atoms with van der Waals surface area (Å²) in [6.07, 6.45) is 2.36. The van der Waals surface area contributed by atoms with Crippen LogP contribution in [0.15, 0.2) is 36.4 Å². The summed E-state index contributed by atoms with van der Waals surface area (Å²) < 4.78 is 0. The van der Waals surface area contributed by atoms with Crippen molar-refractivity contribution in [3.63, 3.8) is 0 Å². The minimum atomic E-state index is -1.15. The highest BCUT2D eigenvalue weighted by Gasteiger charge is 2.37. The molecule has 3 rings (SSSR count). The maximum Gasteiger partial charge on any atom is 0.339 e. The van der Waals surface area contributed by atoms with Crippen LogP contribution in [0.2, 0.25) is 0 Å². The number of hydrogen-bond acceptors (Lipinski definition) is 2. The van der Waals surface area contributed by atoms with Crippen molar-refractivity contribution in [3.8, 4) is 17.6 Å². The molecule has 1 aliphatic rings. The minimum absolute atomic E-state index is 0.0347. The van der Waals surface area contributed by atoms with E-state index in [2.05, 4.69) is 64.7 Å². The van der Waals surface area contributed by atoms with E-state index in [4.69, 9.17) is 5.11 Å². The third-order valence-electron chi connectivity index (χ3n) is 6.04. The van der Waals surface area contributed by atoms with E-state index in [1.54, 1.807) is 6.07 Å². The summed E-state index contributed by atoms with van der Waals surface area (Å²) in [7, 11) is 0. The first-order chi connectivity index (χ1) is 13.0. The number of carboxylic acids is 1. The van der Waals surface area contributed by atoms with Gasteiger partial charge >= 0.3 is 5.97 Å². The van der Waals surface area contributed by atoms with Crippen molar-refractivity contribution in [2.45, 2.75) is 64.2 Å². The maximum absolute atomic E-state index is 11.0. The Kier molecular flexibility index (Phi) is 5.02. The average molecular weight is 376 g/mol. The molecule has 0 saturated heterocycles. The Morgan fingerprint density at radius 2 is 1.64 bits per heavy atom. The second-order valence-electron chi connectivity index (χ2n) is 9.10. The summed E-state index contributed by atoms with van der Waals surface area (Å²) in [5, 5.41) is 18.8. The number of rotatable bonds is 2. The van der Waals surface area contributed by atoms with Crippen LogP contribution < -0.4 is 0 Å². The van der Waals surface area contributed by atoms with Gasteiger partial charge in [0.25, 0.3) is 0 Å². The summed E-state index contributed by atoms with van der Waals surface area (Å²) in [6.45, 7) is 11.3. The summed E-state index contributed by atoms with van der Waals surface area (Å²) >= 11 is 0. The fourth-order valence-electron chi connectivity index (χ4n) is 3.94. The number of benzene rings is 2. The monoisotopic (exact) mass is 376 g/mol. The quantitative estimate of drug-likeness (QED) is 0.671. The maximum atomic E-state index is 11.0. The zero-order valence-electron chi connectivity index (χ0n) is 17.3. The number of phenols is 1. The number of hydrogen-bond donors (Lipinski definition) is 2. The topological polar surface area (TPSA) is 57.5 Å². The molecule has 0 heterocycles. The van der Waals surface area contributed by atoms with Gasteiger partial charge in [-0.1, -0.05) is 57.7 Å². The van der Waals surface area contributed by atoms with E-state index in [0.717, 1.165) is 0 Å². The standard InChI is InChI=1S/C25H28O3/c1-16(6-7-17-8-10-19(23(27)28)22(26)14-17)18-9-11-20-21(15-18)25(4,5)13-12-24(20,2)3/h8-11,14-16,26H,12-13H2,1-5H3,(H,27,28). The molecule has 0 radical (unpaired) electrons. The van der Waals surface area contributed by atoms with Crippen molar-refractivity contribution in [2.75, 3.05) is 0 Å². The Bertz CT molecular complexity index is 987. The zero-order chi connectivity index (χ0) is 20.7. The zero-order valence-corrected chi connectivity index (χ0v) is 17.3. The van der Waals surface area contributed by atoms with Crippen LogP contribution in [0.1, 0.15) is 86.0 Å². The lowest BCUT2D eigenvalue weighted by atomic mass is 9.63. The van der Waals surface area contributed by atoms with Crippen LogP contribution in [0.4, 0.5) is 0 Å². The van der Waals surface area contributed by atoms with E-state index in [0.29, 0.717) is 5.56 Å². The Morgan fingerprint density at radius 1 is 1.00 bits per heavy atom. The molecule has 0 aromatic heterocycles. The molecule has 146 valence electrons. The van der Waals surface area contributed by atoms with Gasteiger partial charge in [0, 0.05) is 11.5 Å². The van der Waals surface area contributed by atoms with Crippen molar-refractivity contribution < 1.29 is 15.0 Å². The van der Waals surface area contributed by atoms with Gasteiger partial charge in [-0.2, -0.15) is 0 Å². The number of aromatic carboxylic acids is 1. The van der Waals surface area contributed by atoms with Crippen LogP contribution in [0.5, 0.6) is 5.75 Å². The van der Waals surface area contributed by atoms with Gasteiger partial charge < -0.3 is 10.2 Å². The predicted octanol–water partition coefficient (Wildman–Crippen LogP) is 5.59. The molecule has 28 heavy (non-hydrogen) atoms. The smallest absolute Gasteiger partial charge is 0.339 e. The second kappa shape index (κ2) is 7.02. The fourth-order valence-corrected chi connectivity index (χ4v) is 3.94. The van der Waals surface area contributed by atoms with E-state index in [1.807, 2.05) is 0 Å².